The Bertz CT molecular complexity index is 745. The third kappa shape index (κ3) is 2.72. The van der Waals surface area contributed by atoms with Gasteiger partial charge in [0, 0.05) is 16.1 Å². The number of hydrogen-bond acceptors (Lipinski definition) is 2. The molecule has 4 heteroatoms. The molecule has 0 atom stereocenters. The standard InChI is InChI=1S/C17H15FN2S/c1-12-19-11-17(13-3-5-14(18)6-4-13)20(12)15-7-9-16(21-2)10-8-15/h3-11H,1-2H3. The summed E-state index contributed by atoms with van der Waals surface area (Å²) >= 11 is 1.71. The molecule has 0 saturated carbocycles. The van der Waals surface area contributed by atoms with E-state index in [4.69, 9.17) is 0 Å². The summed E-state index contributed by atoms with van der Waals surface area (Å²) in [5.41, 5.74) is 2.97. The Hall–Kier alpha value is -2.07. The fraction of sp³-hybridized carbons (Fsp3) is 0.118. The van der Waals surface area contributed by atoms with Crippen LogP contribution in [0, 0.1) is 12.7 Å². The highest BCUT2D eigenvalue weighted by atomic mass is 32.2. The molecule has 21 heavy (non-hydrogen) atoms. The predicted octanol–water partition coefficient (Wildman–Crippen LogP) is 4.71. The molecule has 2 aromatic carbocycles. The van der Waals surface area contributed by atoms with Crippen LogP contribution in [0.25, 0.3) is 16.9 Å². The van der Waals surface area contributed by atoms with E-state index in [-0.39, 0.29) is 5.82 Å². The van der Waals surface area contributed by atoms with E-state index in [1.165, 1.54) is 17.0 Å². The largest absolute Gasteiger partial charge is 0.297 e. The van der Waals surface area contributed by atoms with E-state index < -0.39 is 0 Å². The molecule has 0 amide bonds. The van der Waals surface area contributed by atoms with Crippen molar-refractivity contribution in [3.05, 3.63) is 66.4 Å². The highest BCUT2D eigenvalue weighted by Crippen LogP contribution is 2.26. The Balaban J connectivity index is 2.09. The highest BCUT2D eigenvalue weighted by molar-refractivity contribution is 7.98. The van der Waals surface area contributed by atoms with Crippen LogP contribution in [0.3, 0.4) is 0 Å². The summed E-state index contributed by atoms with van der Waals surface area (Å²) in [6.45, 7) is 1.97. The molecule has 0 aliphatic carbocycles. The van der Waals surface area contributed by atoms with Crippen molar-refractivity contribution in [2.75, 3.05) is 6.26 Å². The summed E-state index contributed by atoms with van der Waals surface area (Å²) in [5.74, 6) is 0.678. The van der Waals surface area contributed by atoms with Gasteiger partial charge in [-0.1, -0.05) is 0 Å². The summed E-state index contributed by atoms with van der Waals surface area (Å²) in [4.78, 5) is 5.62. The number of benzene rings is 2. The van der Waals surface area contributed by atoms with Crippen LogP contribution in [-0.4, -0.2) is 15.8 Å². The van der Waals surface area contributed by atoms with Gasteiger partial charge in [0.05, 0.1) is 11.9 Å². The molecule has 0 spiro atoms. The van der Waals surface area contributed by atoms with Gasteiger partial charge in [-0.15, -0.1) is 11.8 Å². The SMILES string of the molecule is CSc1ccc(-n2c(-c3ccc(F)cc3)cnc2C)cc1. The number of aromatic nitrogens is 2. The lowest BCUT2D eigenvalue weighted by Crippen LogP contribution is -1.99. The zero-order chi connectivity index (χ0) is 14.8. The number of hydrogen-bond donors (Lipinski definition) is 0. The first-order chi connectivity index (χ1) is 10.2. The van der Waals surface area contributed by atoms with E-state index in [0.717, 1.165) is 22.8 Å². The molecule has 1 heterocycles. The van der Waals surface area contributed by atoms with Gasteiger partial charge in [-0.25, -0.2) is 9.37 Å². The van der Waals surface area contributed by atoms with Crippen molar-refractivity contribution in [3.8, 4) is 16.9 Å². The molecule has 0 bridgehead atoms. The summed E-state index contributed by atoms with van der Waals surface area (Å²) < 4.78 is 15.2. The quantitative estimate of drug-likeness (QED) is 0.652. The van der Waals surface area contributed by atoms with E-state index >= 15 is 0 Å². The molecule has 0 radical (unpaired) electrons. The number of aryl methyl sites for hydroxylation is 1. The monoisotopic (exact) mass is 298 g/mol. The first-order valence-electron chi connectivity index (χ1n) is 6.64. The van der Waals surface area contributed by atoms with Crippen LogP contribution in [0.2, 0.25) is 0 Å². The van der Waals surface area contributed by atoms with E-state index in [1.54, 1.807) is 23.9 Å². The Morgan fingerprint density at radius 1 is 1.00 bits per heavy atom. The minimum absolute atomic E-state index is 0.231. The first-order valence-corrected chi connectivity index (χ1v) is 7.86. The summed E-state index contributed by atoms with van der Waals surface area (Å²) in [7, 11) is 0. The molecule has 0 aliphatic rings. The zero-order valence-electron chi connectivity index (χ0n) is 11.9. The van der Waals surface area contributed by atoms with Crippen LogP contribution in [0.1, 0.15) is 5.82 Å². The molecule has 3 rings (SSSR count). The number of rotatable bonds is 3. The second kappa shape index (κ2) is 5.74. The molecule has 0 aliphatic heterocycles. The van der Waals surface area contributed by atoms with Gasteiger partial charge in [-0.3, -0.25) is 4.57 Å². The van der Waals surface area contributed by atoms with Gasteiger partial charge in [0.25, 0.3) is 0 Å². The number of imidazole rings is 1. The van der Waals surface area contributed by atoms with E-state index in [0.29, 0.717) is 0 Å². The van der Waals surface area contributed by atoms with E-state index in [2.05, 4.69) is 40.1 Å². The Morgan fingerprint density at radius 3 is 2.29 bits per heavy atom. The number of thioether (sulfide) groups is 1. The molecule has 0 N–H and O–H groups in total. The topological polar surface area (TPSA) is 17.8 Å². The van der Waals surface area contributed by atoms with Gasteiger partial charge in [-0.2, -0.15) is 0 Å². The average molecular weight is 298 g/mol. The molecule has 0 fully saturated rings. The summed E-state index contributed by atoms with van der Waals surface area (Å²) in [6.07, 6.45) is 3.88. The Labute approximate surface area is 127 Å². The Kier molecular flexibility index (Phi) is 3.80. The summed E-state index contributed by atoms with van der Waals surface area (Å²) in [6, 6.07) is 14.8. The fourth-order valence-corrected chi connectivity index (χ4v) is 2.73. The maximum Gasteiger partial charge on any atom is 0.123 e. The highest BCUT2D eigenvalue weighted by Gasteiger charge is 2.10. The van der Waals surface area contributed by atoms with Gasteiger partial charge in [0.1, 0.15) is 11.6 Å². The average Bonchev–Trinajstić information content (AvgIpc) is 2.90. The lowest BCUT2D eigenvalue weighted by atomic mass is 10.1. The van der Waals surface area contributed by atoms with Crippen LogP contribution >= 0.6 is 11.8 Å². The van der Waals surface area contributed by atoms with Gasteiger partial charge in [0.2, 0.25) is 0 Å². The maximum absolute atomic E-state index is 13.1. The van der Waals surface area contributed by atoms with Gasteiger partial charge in [0.15, 0.2) is 0 Å². The minimum atomic E-state index is -0.231. The lowest BCUT2D eigenvalue weighted by molar-refractivity contribution is 0.628. The lowest BCUT2D eigenvalue weighted by Gasteiger charge is -2.11. The molecule has 0 unspecified atom stereocenters. The van der Waals surface area contributed by atoms with Crippen LogP contribution < -0.4 is 0 Å². The molecular formula is C17H15FN2S. The van der Waals surface area contributed by atoms with Crippen molar-refractivity contribution < 1.29 is 4.39 Å². The van der Waals surface area contributed by atoms with Gasteiger partial charge >= 0.3 is 0 Å². The third-order valence-electron chi connectivity index (χ3n) is 3.41. The maximum atomic E-state index is 13.1. The third-order valence-corrected chi connectivity index (χ3v) is 4.15. The van der Waals surface area contributed by atoms with Crippen LogP contribution in [0.4, 0.5) is 4.39 Å². The molecule has 0 saturated heterocycles. The minimum Gasteiger partial charge on any atom is -0.297 e. The van der Waals surface area contributed by atoms with Crippen molar-refractivity contribution in [2.24, 2.45) is 0 Å². The molecule has 3 aromatic rings. The predicted molar refractivity (Wildman–Crippen MR) is 85.5 cm³/mol. The van der Waals surface area contributed by atoms with Crippen molar-refractivity contribution >= 4 is 11.8 Å². The van der Waals surface area contributed by atoms with Crippen LogP contribution in [0.5, 0.6) is 0 Å². The number of nitrogens with zero attached hydrogens (tertiary/aromatic N) is 2. The van der Waals surface area contributed by atoms with Gasteiger partial charge in [-0.05, 0) is 61.7 Å². The van der Waals surface area contributed by atoms with Gasteiger partial charge < -0.3 is 0 Å². The van der Waals surface area contributed by atoms with E-state index in [9.17, 15) is 4.39 Å². The second-order valence-corrected chi connectivity index (χ2v) is 5.61. The van der Waals surface area contributed by atoms with Crippen molar-refractivity contribution in [1.82, 2.24) is 9.55 Å². The smallest absolute Gasteiger partial charge is 0.123 e. The number of halogens is 1. The molecule has 1 aromatic heterocycles. The molecular weight excluding hydrogens is 283 g/mol. The van der Waals surface area contributed by atoms with E-state index in [1.807, 2.05) is 13.1 Å². The molecule has 106 valence electrons. The van der Waals surface area contributed by atoms with Crippen molar-refractivity contribution in [1.29, 1.82) is 0 Å². The van der Waals surface area contributed by atoms with Crippen molar-refractivity contribution in [3.63, 3.8) is 0 Å². The van der Waals surface area contributed by atoms with Crippen LogP contribution in [-0.2, 0) is 0 Å². The molecule has 2 nitrogen and oxygen atoms in total. The Morgan fingerprint density at radius 2 is 1.67 bits per heavy atom. The second-order valence-electron chi connectivity index (χ2n) is 4.73. The fourth-order valence-electron chi connectivity index (χ4n) is 2.33. The zero-order valence-corrected chi connectivity index (χ0v) is 12.7. The summed E-state index contributed by atoms with van der Waals surface area (Å²) in [5, 5.41) is 0. The first kappa shape index (κ1) is 13.9. The van der Waals surface area contributed by atoms with Crippen molar-refractivity contribution in [2.45, 2.75) is 11.8 Å². The van der Waals surface area contributed by atoms with Crippen LogP contribution in [0.15, 0.2) is 59.6 Å². The normalized spacial score (nSPS) is 10.8.